The van der Waals surface area contributed by atoms with Crippen LogP contribution < -0.4 is 10.7 Å². The smallest absolute Gasteiger partial charge is 0.241 e. The molecular formula is C22H22BrN3O3. The minimum absolute atomic E-state index is 0.0614. The first-order valence-electron chi connectivity index (χ1n) is 9.63. The molecule has 1 fully saturated rings. The van der Waals surface area contributed by atoms with E-state index in [0.717, 1.165) is 17.3 Å². The van der Waals surface area contributed by atoms with Gasteiger partial charge < -0.3 is 10.1 Å². The standard InChI is InChI=1S/C22H22BrN3O3/c23-17-5-3-4-16(12-17)22(8-10-29-11-9-22)15-24-21(28)14-26-19-7-2-1-6-18(19)20(27)13-25-26/h1-7,12-13H,8-11,14-15H2,(H,24,28). The van der Waals surface area contributed by atoms with E-state index in [4.69, 9.17) is 4.74 Å². The lowest BCUT2D eigenvalue weighted by Crippen LogP contribution is -2.45. The maximum atomic E-state index is 12.7. The molecule has 29 heavy (non-hydrogen) atoms. The number of aromatic nitrogens is 2. The van der Waals surface area contributed by atoms with E-state index in [-0.39, 0.29) is 23.3 Å². The largest absolute Gasteiger partial charge is 0.381 e. The first kappa shape index (κ1) is 19.8. The Balaban J connectivity index is 1.52. The van der Waals surface area contributed by atoms with Crippen molar-refractivity contribution in [2.75, 3.05) is 19.8 Å². The van der Waals surface area contributed by atoms with Crippen molar-refractivity contribution in [2.45, 2.75) is 24.8 Å². The minimum atomic E-state index is -0.156. The van der Waals surface area contributed by atoms with E-state index in [1.165, 1.54) is 11.8 Å². The van der Waals surface area contributed by atoms with Crippen molar-refractivity contribution in [1.82, 2.24) is 15.1 Å². The van der Waals surface area contributed by atoms with Crippen LogP contribution in [0.4, 0.5) is 0 Å². The van der Waals surface area contributed by atoms with Crippen molar-refractivity contribution < 1.29 is 9.53 Å². The second kappa shape index (κ2) is 8.47. The number of ether oxygens (including phenoxy) is 1. The molecule has 150 valence electrons. The van der Waals surface area contributed by atoms with Crippen molar-refractivity contribution >= 4 is 32.7 Å². The normalized spacial score (nSPS) is 15.9. The first-order chi connectivity index (χ1) is 14.1. The third-order valence-corrected chi connectivity index (χ3v) is 6.06. The van der Waals surface area contributed by atoms with Gasteiger partial charge in [-0.1, -0.05) is 40.2 Å². The van der Waals surface area contributed by atoms with Gasteiger partial charge in [0.2, 0.25) is 11.3 Å². The van der Waals surface area contributed by atoms with Gasteiger partial charge in [0.05, 0.1) is 11.7 Å². The molecule has 2 aromatic carbocycles. The predicted molar refractivity (Wildman–Crippen MR) is 115 cm³/mol. The number of benzene rings is 2. The van der Waals surface area contributed by atoms with Crippen LogP contribution in [0, 0.1) is 0 Å². The van der Waals surface area contributed by atoms with Crippen molar-refractivity contribution in [1.29, 1.82) is 0 Å². The number of hydrogen-bond donors (Lipinski definition) is 1. The summed E-state index contributed by atoms with van der Waals surface area (Å²) >= 11 is 3.55. The number of nitrogens with one attached hydrogen (secondary N) is 1. The summed E-state index contributed by atoms with van der Waals surface area (Å²) in [5, 5.41) is 7.80. The van der Waals surface area contributed by atoms with Crippen LogP contribution in [0.5, 0.6) is 0 Å². The molecule has 1 aliphatic rings. The lowest BCUT2D eigenvalue weighted by molar-refractivity contribution is -0.122. The third-order valence-electron chi connectivity index (χ3n) is 5.57. The summed E-state index contributed by atoms with van der Waals surface area (Å²) in [4.78, 5) is 24.7. The highest BCUT2D eigenvalue weighted by molar-refractivity contribution is 9.10. The molecule has 4 rings (SSSR count). The molecular weight excluding hydrogens is 434 g/mol. The molecule has 7 heteroatoms. The maximum absolute atomic E-state index is 12.7. The predicted octanol–water partition coefficient (Wildman–Crippen LogP) is 3.02. The highest BCUT2D eigenvalue weighted by Crippen LogP contribution is 2.35. The average Bonchev–Trinajstić information content (AvgIpc) is 2.75. The molecule has 0 aliphatic carbocycles. The van der Waals surface area contributed by atoms with Crippen LogP contribution in [0.2, 0.25) is 0 Å². The Morgan fingerprint density at radius 3 is 2.76 bits per heavy atom. The number of amides is 1. The summed E-state index contributed by atoms with van der Waals surface area (Å²) in [6.07, 6.45) is 2.96. The highest BCUT2D eigenvalue weighted by Gasteiger charge is 2.35. The quantitative estimate of drug-likeness (QED) is 0.641. The monoisotopic (exact) mass is 455 g/mol. The van der Waals surface area contributed by atoms with E-state index in [1.54, 1.807) is 22.9 Å². The fourth-order valence-electron chi connectivity index (χ4n) is 3.89. The van der Waals surface area contributed by atoms with Gasteiger partial charge in [0, 0.05) is 35.0 Å². The van der Waals surface area contributed by atoms with Gasteiger partial charge in [-0.05, 0) is 42.7 Å². The van der Waals surface area contributed by atoms with Crippen molar-refractivity contribution in [2.24, 2.45) is 0 Å². The molecule has 1 aliphatic heterocycles. The van der Waals surface area contributed by atoms with Crippen LogP contribution in [-0.4, -0.2) is 35.4 Å². The molecule has 1 aromatic heterocycles. The molecule has 1 N–H and O–H groups in total. The van der Waals surface area contributed by atoms with Gasteiger partial charge in [0.1, 0.15) is 6.54 Å². The number of fused-ring (bicyclic) bond motifs is 1. The van der Waals surface area contributed by atoms with Gasteiger partial charge in [-0.15, -0.1) is 0 Å². The fourth-order valence-corrected chi connectivity index (χ4v) is 4.29. The average molecular weight is 456 g/mol. The van der Waals surface area contributed by atoms with E-state index in [2.05, 4.69) is 38.5 Å². The van der Waals surface area contributed by atoms with Gasteiger partial charge in [-0.3, -0.25) is 14.3 Å². The van der Waals surface area contributed by atoms with Crippen molar-refractivity contribution in [3.8, 4) is 0 Å². The Hall–Kier alpha value is -2.51. The zero-order valence-electron chi connectivity index (χ0n) is 15.9. The third kappa shape index (κ3) is 4.26. The Labute approximate surface area is 177 Å². The molecule has 6 nitrogen and oxygen atoms in total. The second-order valence-corrected chi connectivity index (χ2v) is 8.28. The zero-order valence-corrected chi connectivity index (χ0v) is 17.5. The molecule has 0 bridgehead atoms. The summed E-state index contributed by atoms with van der Waals surface area (Å²) in [5.74, 6) is -0.132. The summed E-state index contributed by atoms with van der Waals surface area (Å²) in [6, 6.07) is 15.4. The molecule has 0 atom stereocenters. The first-order valence-corrected chi connectivity index (χ1v) is 10.4. The van der Waals surface area contributed by atoms with Gasteiger partial charge in [0.15, 0.2) is 0 Å². The van der Waals surface area contributed by atoms with Crippen LogP contribution in [0.15, 0.2) is 64.0 Å². The molecule has 2 heterocycles. The number of carbonyl (C=O) groups is 1. The van der Waals surface area contributed by atoms with Gasteiger partial charge in [-0.2, -0.15) is 5.10 Å². The summed E-state index contributed by atoms with van der Waals surface area (Å²) in [6.45, 7) is 1.94. The topological polar surface area (TPSA) is 73.2 Å². The SMILES string of the molecule is O=C(Cn1ncc(=O)c2ccccc21)NCC1(c2cccc(Br)c2)CCOCC1. The number of nitrogens with zero attached hydrogens (tertiary/aromatic N) is 2. The summed E-state index contributed by atoms with van der Waals surface area (Å²) < 4.78 is 8.17. The Morgan fingerprint density at radius 2 is 1.97 bits per heavy atom. The number of para-hydroxylation sites is 1. The highest BCUT2D eigenvalue weighted by atomic mass is 79.9. The fraction of sp³-hybridized carbons (Fsp3) is 0.318. The van der Waals surface area contributed by atoms with Crippen LogP contribution in [0.25, 0.3) is 10.9 Å². The molecule has 0 unspecified atom stereocenters. The van der Waals surface area contributed by atoms with Crippen LogP contribution >= 0.6 is 15.9 Å². The Bertz CT molecular complexity index is 1090. The van der Waals surface area contributed by atoms with Gasteiger partial charge in [-0.25, -0.2) is 0 Å². The van der Waals surface area contributed by atoms with Crippen LogP contribution in [0.1, 0.15) is 18.4 Å². The van der Waals surface area contributed by atoms with E-state index < -0.39 is 0 Å². The summed E-state index contributed by atoms with van der Waals surface area (Å²) in [7, 11) is 0. The van der Waals surface area contributed by atoms with E-state index in [9.17, 15) is 9.59 Å². The number of carbonyl (C=O) groups excluding carboxylic acids is 1. The summed E-state index contributed by atoms with van der Waals surface area (Å²) in [5.41, 5.74) is 1.55. The number of halogens is 1. The Morgan fingerprint density at radius 1 is 1.17 bits per heavy atom. The van der Waals surface area contributed by atoms with Crippen molar-refractivity contribution in [3.63, 3.8) is 0 Å². The zero-order chi connectivity index (χ0) is 20.3. The molecule has 0 saturated carbocycles. The molecule has 1 amide bonds. The van der Waals surface area contributed by atoms with Crippen LogP contribution in [0.3, 0.4) is 0 Å². The van der Waals surface area contributed by atoms with Gasteiger partial charge >= 0.3 is 0 Å². The van der Waals surface area contributed by atoms with E-state index in [0.29, 0.717) is 30.7 Å². The lowest BCUT2D eigenvalue weighted by atomic mass is 9.74. The van der Waals surface area contributed by atoms with Crippen molar-refractivity contribution in [3.05, 3.63) is 75.0 Å². The Kier molecular flexibility index (Phi) is 5.78. The van der Waals surface area contributed by atoms with Crippen LogP contribution in [-0.2, 0) is 21.5 Å². The van der Waals surface area contributed by atoms with Gasteiger partial charge in [0.25, 0.3) is 0 Å². The second-order valence-electron chi connectivity index (χ2n) is 7.36. The molecule has 0 radical (unpaired) electrons. The number of rotatable bonds is 5. The maximum Gasteiger partial charge on any atom is 0.241 e. The lowest BCUT2D eigenvalue weighted by Gasteiger charge is -2.38. The number of hydrogen-bond acceptors (Lipinski definition) is 4. The minimum Gasteiger partial charge on any atom is -0.381 e. The van der Waals surface area contributed by atoms with E-state index >= 15 is 0 Å². The molecule has 3 aromatic rings. The van der Waals surface area contributed by atoms with E-state index in [1.807, 2.05) is 18.2 Å². The molecule has 1 saturated heterocycles. The molecule has 0 spiro atoms.